The largest absolute Gasteiger partial charge is 0.503 e. The van der Waals surface area contributed by atoms with Crippen LogP contribution >= 0.6 is 11.8 Å². The Morgan fingerprint density at radius 2 is 1.82 bits per heavy atom. The van der Waals surface area contributed by atoms with Crippen molar-refractivity contribution in [1.82, 2.24) is 9.97 Å². The van der Waals surface area contributed by atoms with Crippen molar-refractivity contribution >= 4 is 11.8 Å². The molecule has 1 aliphatic rings. The molecule has 0 saturated heterocycles. The van der Waals surface area contributed by atoms with E-state index in [1.165, 1.54) is 0 Å². The van der Waals surface area contributed by atoms with Crippen LogP contribution in [0.5, 0.6) is 5.75 Å². The van der Waals surface area contributed by atoms with Gasteiger partial charge in [-0.15, -0.1) is 0 Å². The number of nitrogens with zero attached hydrogens (tertiary/aromatic N) is 2. The molecule has 0 aliphatic heterocycles. The molecule has 0 atom stereocenters. The van der Waals surface area contributed by atoms with E-state index in [4.69, 9.17) is 5.11 Å². The number of aromatic nitrogens is 2. The van der Waals surface area contributed by atoms with Crippen LogP contribution in [0.3, 0.4) is 0 Å². The summed E-state index contributed by atoms with van der Waals surface area (Å²) in [7, 11) is 0. The molecule has 1 aromatic carbocycles. The fraction of sp³-hybridized carbons (Fsp3) is 0.286. The summed E-state index contributed by atoms with van der Waals surface area (Å²) in [6.07, 6.45) is 1.23. The first kappa shape index (κ1) is 15.1. The van der Waals surface area contributed by atoms with Gasteiger partial charge in [-0.25, -0.2) is 18.7 Å². The van der Waals surface area contributed by atoms with Crippen molar-refractivity contribution in [3.05, 3.63) is 35.0 Å². The Hall–Kier alpha value is -1.83. The van der Waals surface area contributed by atoms with E-state index in [-0.39, 0.29) is 28.4 Å². The van der Waals surface area contributed by atoms with Crippen LogP contribution in [-0.4, -0.2) is 21.3 Å². The highest BCUT2D eigenvalue weighted by molar-refractivity contribution is 7.98. The molecule has 3 nitrogen and oxygen atoms in total. The van der Waals surface area contributed by atoms with Crippen LogP contribution in [-0.2, 0) is 12.3 Å². The number of phenols is 1. The van der Waals surface area contributed by atoms with Crippen molar-refractivity contribution in [1.29, 1.82) is 0 Å². The highest BCUT2D eigenvalue weighted by Gasteiger charge is 2.43. The standard InChI is InChI=1S/C14H10F4N2OS/c1-22-13-19-10(6-4-8(15)11(21)9(16)5-6)7-2-3-14(17,18)12(7)20-13/h4-5,21H,2-3H2,1H3. The van der Waals surface area contributed by atoms with Gasteiger partial charge in [-0.05, 0) is 24.8 Å². The second-order valence-electron chi connectivity index (χ2n) is 4.88. The van der Waals surface area contributed by atoms with Gasteiger partial charge in [0, 0.05) is 17.5 Å². The molecule has 0 fully saturated rings. The predicted octanol–water partition coefficient (Wildman–Crippen LogP) is 3.89. The zero-order valence-electron chi connectivity index (χ0n) is 11.3. The summed E-state index contributed by atoms with van der Waals surface area (Å²) in [6.45, 7) is 0. The van der Waals surface area contributed by atoms with Crippen molar-refractivity contribution in [3.63, 3.8) is 0 Å². The molecule has 0 saturated carbocycles. The lowest BCUT2D eigenvalue weighted by molar-refractivity contribution is -0.00650. The van der Waals surface area contributed by atoms with Crippen molar-refractivity contribution < 1.29 is 22.7 Å². The van der Waals surface area contributed by atoms with Crippen molar-refractivity contribution in [2.45, 2.75) is 23.9 Å². The molecular weight excluding hydrogens is 320 g/mol. The summed E-state index contributed by atoms with van der Waals surface area (Å²) in [5.41, 5.74) is -0.133. The van der Waals surface area contributed by atoms with Gasteiger partial charge in [-0.3, -0.25) is 0 Å². The number of thioether (sulfide) groups is 1. The lowest BCUT2D eigenvalue weighted by Gasteiger charge is -2.13. The van der Waals surface area contributed by atoms with Crippen LogP contribution in [0.15, 0.2) is 17.3 Å². The number of fused-ring (bicyclic) bond motifs is 1. The smallest absolute Gasteiger partial charge is 0.290 e. The van der Waals surface area contributed by atoms with Crippen LogP contribution in [0.25, 0.3) is 11.3 Å². The van der Waals surface area contributed by atoms with E-state index in [9.17, 15) is 17.6 Å². The van der Waals surface area contributed by atoms with Crippen molar-refractivity contribution in [2.24, 2.45) is 0 Å². The van der Waals surface area contributed by atoms with Crippen molar-refractivity contribution in [2.75, 3.05) is 6.26 Å². The number of alkyl halides is 2. The predicted molar refractivity (Wildman–Crippen MR) is 73.0 cm³/mol. The zero-order chi connectivity index (χ0) is 16.1. The fourth-order valence-electron chi connectivity index (χ4n) is 2.44. The number of phenolic OH excluding ortho intramolecular Hbond substituents is 1. The van der Waals surface area contributed by atoms with Crippen molar-refractivity contribution in [3.8, 4) is 17.0 Å². The number of hydrogen-bond acceptors (Lipinski definition) is 4. The summed E-state index contributed by atoms with van der Waals surface area (Å²) in [4.78, 5) is 7.95. The van der Waals surface area contributed by atoms with Gasteiger partial charge in [0.1, 0.15) is 5.69 Å². The maximum absolute atomic E-state index is 13.9. The van der Waals surface area contributed by atoms with E-state index in [0.29, 0.717) is 0 Å². The number of rotatable bonds is 2. The molecule has 1 heterocycles. The summed E-state index contributed by atoms with van der Waals surface area (Å²) >= 11 is 1.06. The molecule has 3 rings (SSSR count). The van der Waals surface area contributed by atoms with Crippen LogP contribution in [0, 0.1) is 11.6 Å². The zero-order valence-corrected chi connectivity index (χ0v) is 12.1. The molecule has 0 spiro atoms. The molecule has 1 aliphatic carbocycles. The fourth-order valence-corrected chi connectivity index (χ4v) is 2.80. The van der Waals surface area contributed by atoms with E-state index in [0.717, 1.165) is 23.9 Å². The Bertz CT molecular complexity index is 744. The summed E-state index contributed by atoms with van der Waals surface area (Å²) in [5, 5.41) is 9.25. The number of halogens is 4. The van der Waals surface area contributed by atoms with Crippen LogP contribution < -0.4 is 0 Å². The lowest BCUT2D eigenvalue weighted by Crippen LogP contribution is -2.11. The Morgan fingerprint density at radius 3 is 2.41 bits per heavy atom. The average Bonchev–Trinajstić information content (AvgIpc) is 2.79. The number of benzene rings is 1. The second-order valence-corrected chi connectivity index (χ2v) is 5.65. The minimum absolute atomic E-state index is 0.000509. The van der Waals surface area contributed by atoms with Crippen LogP contribution in [0.2, 0.25) is 0 Å². The third kappa shape index (κ3) is 2.31. The number of aromatic hydroxyl groups is 1. The third-order valence-electron chi connectivity index (χ3n) is 3.49. The average molecular weight is 330 g/mol. The Balaban J connectivity index is 2.26. The minimum atomic E-state index is -3.08. The van der Waals surface area contributed by atoms with Gasteiger partial charge >= 0.3 is 0 Å². The minimum Gasteiger partial charge on any atom is -0.503 e. The van der Waals surface area contributed by atoms with Gasteiger partial charge < -0.3 is 5.11 Å². The van der Waals surface area contributed by atoms with Gasteiger partial charge in [-0.2, -0.15) is 8.78 Å². The Morgan fingerprint density at radius 1 is 1.18 bits per heavy atom. The summed E-state index contributed by atoms with van der Waals surface area (Å²) in [6, 6.07) is 1.75. The number of hydrogen-bond donors (Lipinski definition) is 1. The summed E-state index contributed by atoms with van der Waals surface area (Å²) in [5.74, 6) is -6.52. The SMILES string of the molecule is CSc1nc(-c2cc(F)c(O)c(F)c2)c2c(n1)C(F)(F)CC2. The molecule has 0 radical (unpaired) electrons. The van der Waals surface area contributed by atoms with Gasteiger partial charge in [0.15, 0.2) is 22.5 Å². The van der Waals surface area contributed by atoms with Gasteiger partial charge in [0.2, 0.25) is 0 Å². The van der Waals surface area contributed by atoms with E-state index >= 15 is 0 Å². The van der Waals surface area contributed by atoms with E-state index in [1.54, 1.807) is 6.26 Å². The first-order valence-electron chi connectivity index (χ1n) is 6.35. The highest BCUT2D eigenvalue weighted by atomic mass is 32.2. The molecular formula is C14H10F4N2OS. The van der Waals surface area contributed by atoms with E-state index in [1.807, 2.05) is 0 Å². The molecule has 22 heavy (non-hydrogen) atoms. The molecule has 0 amide bonds. The first-order chi connectivity index (χ1) is 10.3. The van der Waals surface area contributed by atoms with Gasteiger partial charge in [0.05, 0.1) is 5.69 Å². The topological polar surface area (TPSA) is 46.0 Å². The molecule has 2 aromatic rings. The Kier molecular flexibility index (Phi) is 3.51. The Labute approximate surface area is 127 Å². The van der Waals surface area contributed by atoms with Crippen LogP contribution in [0.1, 0.15) is 17.7 Å². The molecule has 0 bridgehead atoms. The first-order valence-corrected chi connectivity index (χ1v) is 7.57. The van der Waals surface area contributed by atoms with E-state index in [2.05, 4.69) is 9.97 Å². The summed E-state index contributed by atoms with van der Waals surface area (Å²) < 4.78 is 54.8. The molecule has 1 N–H and O–H groups in total. The second kappa shape index (κ2) is 5.12. The van der Waals surface area contributed by atoms with E-state index < -0.39 is 35.4 Å². The highest BCUT2D eigenvalue weighted by Crippen LogP contribution is 2.44. The van der Waals surface area contributed by atoms with Gasteiger partial charge in [0.25, 0.3) is 5.92 Å². The molecule has 0 unspecified atom stereocenters. The maximum atomic E-state index is 13.9. The maximum Gasteiger partial charge on any atom is 0.290 e. The molecule has 116 valence electrons. The lowest BCUT2D eigenvalue weighted by atomic mass is 10.0. The third-order valence-corrected chi connectivity index (χ3v) is 4.04. The molecule has 1 aromatic heterocycles. The normalized spacial score (nSPS) is 15.9. The van der Waals surface area contributed by atoms with Crippen LogP contribution in [0.4, 0.5) is 17.6 Å². The quantitative estimate of drug-likeness (QED) is 0.515. The molecule has 8 heteroatoms. The monoisotopic (exact) mass is 330 g/mol. The van der Waals surface area contributed by atoms with Gasteiger partial charge in [-0.1, -0.05) is 11.8 Å².